The van der Waals surface area contributed by atoms with Crippen LogP contribution in [0.15, 0.2) is 122 Å². The highest BCUT2D eigenvalue weighted by molar-refractivity contribution is 5.72. The number of carboxylic acid groups (broad SMARTS) is 1. The third-order valence-electron chi connectivity index (χ3n) is 7.73. The normalized spacial score (nSPS) is 14.3. The molecule has 0 aromatic rings. The first-order chi connectivity index (χ1) is 26.1. The van der Waals surface area contributed by atoms with Gasteiger partial charge in [0.2, 0.25) is 0 Å². The molecular formula is C46H70NO7+. The lowest BCUT2D eigenvalue weighted by atomic mass is 10.1. The molecule has 2 unspecified atom stereocenters. The van der Waals surface area contributed by atoms with E-state index in [2.05, 4.69) is 80.7 Å². The molecule has 2 atom stereocenters. The molecule has 0 radical (unpaired) electrons. The highest BCUT2D eigenvalue weighted by Crippen LogP contribution is 2.10. The minimum absolute atomic E-state index is 0.00598. The molecule has 0 aliphatic carbocycles. The summed E-state index contributed by atoms with van der Waals surface area (Å²) in [6.07, 6.45) is 49.8. The zero-order valence-electron chi connectivity index (χ0n) is 33.9. The summed E-state index contributed by atoms with van der Waals surface area (Å²) in [5, 5.41) is 9.59. The van der Waals surface area contributed by atoms with Gasteiger partial charge in [0, 0.05) is 19.3 Å². The lowest BCUT2D eigenvalue weighted by molar-refractivity contribution is -0.887. The van der Waals surface area contributed by atoms with E-state index in [-0.39, 0.29) is 49.1 Å². The summed E-state index contributed by atoms with van der Waals surface area (Å²) >= 11 is 0. The number of hydrogen-bond donors (Lipinski definition) is 1. The number of esters is 2. The predicted octanol–water partition coefficient (Wildman–Crippen LogP) is 10.3. The fourth-order valence-electron chi connectivity index (χ4n) is 4.74. The van der Waals surface area contributed by atoms with E-state index in [9.17, 15) is 19.5 Å². The summed E-state index contributed by atoms with van der Waals surface area (Å²) in [4.78, 5) is 36.8. The number of carbonyl (C=O) groups excluding carboxylic acids is 2. The Kier molecular flexibility index (Phi) is 32.9. The predicted molar refractivity (Wildman–Crippen MR) is 224 cm³/mol. The van der Waals surface area contributed by atoms with E-state index >= 15 is 0 Å². The molecule has 0 aromatic carbocycles. The number of allylic oxidation sites excluding steroid dienone is 20. The monoisotopic (exact) mass is 749 g/mol. The Bertz CT molecular complexity index is 1290. The number of ether oxygens (including phenoxy) is 3. The SMILES string of the molecule is CC/C=C/C=C/C=C/C=C/C=C/CCCC(=O)OCC(COCCC(C(=O)O)[N+](C)(C)C)OC(=O)CCC/C=C/C/C=C/C/C=C/C/C=C/C/C=C/CC. The number of carbonyl (C=O) groups is 3. The second kappa shape index (κ2) is 35.7. The number of rotatable bonds is 32. The van der Waals surface area contributed by atoms with Gasteiger partial charge in [-0.05, 0) is 64.2 Å². The van der Waals surface area contributed by atoms with Gasteiger partial charge in [0.1, 0.15) is 6.61 Å². The number of nitrogens with zero attached hydrogens (tertiary/aromatic N) is 1. The molecule has 0 saturated heterocycles. The van der Waals surface area contributed by atoms with Gasteiger partial charge in [-0.1, -0.05) is 135 Å². The zero-order chi connectivity index (χ0) is 40.0. The summed E-state index contributed by atoms with van der Waals surface area (Å²) in [5.74, 6) is -1.66. The quantitative estimate of drug-likeness (QED) is 0.0240. The molecule has 300 valence electrons. The molecule has 0 aliphatic heterocycles. The second-order valence-corrected chi connectivity index (χ2v) is 13.5. The number of hydrogen-bond acceptors (Lipinski definition) is 6. The molecule has 0 amide bonds. The van der Waals surface area contributed by atoms with E-state index in [0.717, 1.165) is 51.4 Å². The van der Waals surface area contributed by atoms with Crippen LogP contribution in [-0.4, -0.2) is 80.6 Å². The van der Waals surface area contributed by atoms with Crippen molar-refractivity contribution in [1.29, 1.82) is 0 Å². The lowest BCUT2D eigenvalue weighted by Crippen LogP contribution is -2.50. The Balaban J connectivity index is 4.66. The average Bonchev–Trinajstić information content (AvgIpc) is 3.12. The van der Waals surface area contributed by atoms with Gasteiger partial charge in [0.25, 0.3) is 0 Å². The maximum atomic E-state index is 12.7. The van der Waals surface area contributed by atoms with Crippen molar-refractivity contribution < 1.29 is 38.2 Å². The number of unbranched alkanes of at least 4 members (excludes halogenated alkanes) is 2. The Morgan fingerprint density at radius 1 is 0.574 bits per heavy atom. The van der Waals surface area contributed by atoms with Crippen LogP contribution in [0.2, 0.25) is 0 Å². The fraction of sp³-hybridized carbons (Fsp3) is 0.500. The maximum Gasteiger partial charge on any atom is 0.362 e. The molecule has 0 spiro atoms. The summed E-state index contributed by atoms with van der Waals surface area (Å²) in [7, 11) is 5.46. The Hall–Kier alpha value is -4.27. The average molecular weight is 749 g/mol. The molecule has 8 heteroatoms. The van der Waals surface area contributed by atoms with Crippen molar-refractivity contribution in [2.75, 3.05) is 41.0 Å². The molecule has 0 saturated carbocycles. The van der Waals surface area contributed by atoms with E-state index in [1.54, 1.807) is 0 Å². The van der Waals surface area contributed by atoms with Crippen molar-refractivity contribution in [3.8, 4) is 0 Å². The lowest BCUT2D eigenvalue weighted by Gasteiger charge is -2.31. The van der Waals surface area contributed by atoms with E-state index in [1.807, 2.05) is 75.8 Å². The van der Waals surface area contributed by atoms with Crippen molar-refractivity contribution in [3.05, 3.63) is 122 Å². The molecule has 1 N–H and O–H groups in total. The summed E-state index contributed by atoms with van der Waals surface area (Å²) in [6, 6.07) is -0.643. The number of carboxylic acids is 1. The number of aliphatic carboxylic acids is 1. The third-order valence-corrected chi connectivity index (χ3v) is 7.73. The van der Waals surface area contributed by atoms with Crippen LogP contribution in [0.1, 0.15) is 97.3 Å². The molecule has 0 rings (SSSR count). The van der Waals surface area contributed by atoms with Crippen molar-refractivity contribution >= 4 is 17.9 Å². The minimum Gasteiger partial charge on any atom is -0.477 e. The van der Waals surface area contributed by atoms with Crippen LogP contribution in [-0.2, 0) is 28.6 Å². The van der Waals surface area contributed by atoms with Crippen LogP contribution >= 0.6 is 0 Å². The van der Waals surface area contributed by atoms with Gasteiger partial charge in [-0.25, -0.2) is 4.79 Å². The van der Waals surface area contributed by atoms with Crippen molar-refractivity contribution in [3.63, 3.8) is 0 Å². The molecule has 8 nitrogen and oxygen atoms in total. The highest BCUT2D eigenvalue weighted by atomic mass is 16.6. The van der Waals surface area contributed by atoms with Crippen LogP contribution in [0.4, 0.5) is 0 Å². The Morgan fingerprint density at radius 3 is 1.56 bits per heavy atom. The van der Waals surface area contributed by atoms with Gasteiger partial charge in [-0.2, -0.15) is 0 Å². The van der Waals surface area contributed by atoms with Gasteiger partial charge < -0.3 is 23.8 Å². The first-order valence-corrected chi connectivity index (χ1v) is 19.6. The first kappa shape index (κ1) is 49.7. The molecule has 0 heterocycles. The van der Waals surface area contributed by atoms with Crippen LogP contribution in [0.3, 0.4) is 0 Å². The highest BCUT2D eigenvalue weighted by Gasteiger charge is 2.31. The minimum atomic E-state index is -0.901. The summed E-state index contributed by atoms with van der Waals surface area (Å²) in [6.45, 7) is 4.29. The van der Waals surface area contributed by atoms with Crippen molar-refractivity contribution in [1.82, 2.24) is 0 Å². The van der Waals surface area contributed by atoms with Gasteiger partial charge in [0.15, 0.2) is 12.1 Å². The van der Waals surface area contributed by atoms with Gasteiger partial charge in [-0.3, -0.25) is 9.59 Å². The van der Waals surface area contributed by atoms with E-state index in [4.69, 9.17) is 14.2 Å². The van der Waals surface area contributed by atoms with Gasteiger partial charge >= 0.3 is 17.9 Å². The standard InChI is InChI=1S/C46H69NO7/c1-6-8-10-12-14-16-18-20-21-22-23-25-27-29-31-33-35-37-45(49)54-42(40-52-39-38-43(46(50)51)47(3,4)5)41-53-44(48)36-34-32-30-28-26-24-19-17-15-13-11-9-7-2/h8-11,13-17,19-21,23-26,28-31,42-43H,6-7,12,18,22,27,32-41H2,1-5H3/p+1/b10-8+,11-9+,15-13+,16-14+,19-17+,21-20+,25-23+,26-24+,30-28+,31-29+. The van der Waals surface area contributed by atoms with Gasteiger partial charge in [-0.15, -0.1) is 0 Å². The Labute approximate surface area is 327 Å². The van der Waals surface area contributed by atoms with Crippen LogP contribution in [0.25, 0.3) is 0 Å². The van der Waals surface area contributed by atoms with Crippen molar-refractivity contribution in [2.45, 2.75) is 109 Å². The van der Waals surface area contributed by atoms with E-state index in [1.165, 1.54) is 0 Å². The van der Waals surface area contributed by atoms with Crippen LogP contribution in [0, 0.1) is 0 Å². The zero-order valence-corrected chi connectivity index (χ0v) is 33.9. The topological polar surface area (TPSA) is 99.1 Å². The van der Waals surface area contributed by atoms with E-state index < -0.39 is 18.1 Å². The smallest absolute Gasteiger partial charge is 0.362 e. The maximum absolute atomic E-state index is 12.7. The molecule has 0 aromatic heterocycles. The number of quaternary nitrogens is 1. The molecular weight excluding hydrogens is 679 g/mol. The molecule has 0 aliphatic rings. The molecule has 0 fully saturated rings. The third kappa shape index (κ3) is 33.6. The molecule has 54 heavy (non-hydrogen) atoms. The van der Waals surface area contributed by atoms with Crippen LogP contribution < -0.4 is 0 Å². The Morgan fingerprint density at radius 2 is 1.04 bits per heavy atom. The van der Waals surface area contributed by atoms with Gasteiger partial charge in [0.05, 0.1) is 34.4 Å². The van der Waals surface area contributed by atoms with E-state index in [0.29, 0.717) is 19.3 Å². The fourth-order valence-corrected chi connectivity index (χ4v) is 4.74. The van der Waals surface area contributed by atoms with Crippen molar-refractivity contribution in [2.24, 2.45) is 0 Å². The first-order valence-electron chi connectivity index (χ1n) is 19.6. The summed E-state index contributed by atoms with van der Waals surface area (Å²) in [5.41, 5.74) is 0. The van der Waals surface area contributed by atoms with Crippen LogP contribution in [0.5, 0.6) is 0 Å². The summed E-state index contributed by atoms with van der Waals surface area (Å²) < 4.78 is 17.1. The second-order valence-electron chi connectivity index (χ2n) is 13.5. The largest absolute Gasteiger partial charge is 0.477 e. The number of likely N-dealkylation sites (N-methyl/N-ethyl adjacent to an activating group) is 1. The molecule has 0 bridgehead atoms.